The smallest absolute Gasteiger partial charge is 0.119 e. The van der Waals surface area contributed by atoms with Gasteiger partial charge in [0.1, 0.15) is 5.75 Å². The Kier molecular flexibility index (Phi) is 9.42. The average molecular weight is 885 g/mol. The molecule has 0 atom stereocenters. The van der Waals surface area contributed by atoms with Gasteiger partial charge < -0.3 is 14.5 Å². The zero-order chi connectivity index (χ0) is 46.3. The van der Waals surface area contributed by atoms with Crippen molar-refractivity contribution in [2.75, 3.05) is 16.9 Å². The van der Waals surface area contributed by atoms with E-state index in [1.165, 1.54) is 104 Å². The summed E-state index contributed by atoms with van der Waals surface area (Å²) in [5, 5.41) is 15.2. The number of hydrogen-bond donors (Lipinski definition) is 0. The van der Waals surface area contributed by atoms with E-state index in [9.17, 15) is 0 Å². The normalized spacial score (nSPS) is 11.8. The topological polar surface area (TPSA) is 15.7 Å². The predicted molar refractivity (Wildman–Crippen MR) is 295 cm³/mol. The average Bonchev–Trinajstić information content (AvgIpc) is 3.91. The lowest BCUT2D eigenvalue weighted by atomic mass is 9.87. The first-order valence-electron chi connectivity index (χ1n) is 23.9. The van der Waals surface area contributed by atoms with Crippen LogP contribution in [0.4, 0.5) is 34.1 Å². The fourth-order valence-corrected chi connectivity index (χ4v) is 11.3. The lowest BCUT2D eigenvalue weighted by molar-refractivity contribution is 0.415. The van der Waals surface area contributed by atoms with Crippen LogP contribution in [0, 0.1) is 20.8 Å². The Balaban J connectivity index is 1.18. The molecule has 13 aromatic carbocycles. The van der Waals surface area contributed by atoms with Crippen LogP contribution in [0.5, 0.6) is 5.75 Å². The Morgan fingerprint density at radius 3 is 0.942 bits per heavy atom. The first-order chi connectivity index (χ1) is 33.9. The standard InChI is InChI=1S/C66H48N2O/c1-41-21-27-46(28-22-41)67(47-29-23-42(2)24-30-47)57-39-37-55-61-51(57)17-11-19-53(61)63-59(44-13-7-5-8-14-44)66-56-38-40-58(68(48-31-25-43(3)26-32-48)49-33-35-50(69-4)36-34-49)52-18-12-20-54(62(52)56)64(66)60(65(55)63)45-15-9-6-10-16-45/h5-40H,1-4H3. The maximum absolute atomic E-state index is 5.63. The highest BCUT2D eigenvalue weighted by Crippen LogP contribution is 2.57. The minimum Gasteiger partial charge on any atom is -0.497 e. The van der Waals surface area contributed by atoms with Crippen molar-refractivity contribution in [3.63, 3.8) is 0 Å². The number of fused-ring (bicyclic) bond motifs is 6. The first-order valence-corrected chi connectivity index (χ1v) is 23.9. The van der Waals surface area contributed by atoms with Crippen LogP contribution in [-0.4, -0.2) is 7.11 Å². The highest BCUT2D eigenvalue weighted by atomic mass is 16.5. The third-order valence-corrected chi connectivity index (χ3v) is 14.4. The molecule has 0 spiro atoms. The van der Waals surface area contributed by atoms with Crippen molar-refractivity contribution < 1.29 is 4.74 Å². The molecule has 69 heavy (non-hydrogen) atoms. The van der Waals surface area contributed by atoms with Gasteiger partial charge in [-0.25, -0.2) is 0 Å². The van der Waals surface area contributed by atoms with E-state index in [4.69, 9.17) is 4.74 Å². The molecule has 0 unspecified atom stereocenters. The number of aryl methyl sites for hydroxylation is 3. The van der Waals surface area contributed by atoms with Crippen molar-refractivity contribution in [1.29, 1.82) is 0 Å². The Hall–Kier alpha value is -8.66. The number of methoxy groups -OCH3 is 1. The van der Waals surface area contributed by atoms with Crippen molar-refractivity contribution in [3.8, 4) is 28.0 Å². The highest BCUT2D eigenvalue weighted by Gasteiger charge is 2.30. The van der Waals surface area contributed by atoms with Gasteiger partial charge in [0, 0.05) is 33.5 Å². The van der Waals surface area contributed by atoms with Crippen molar-refractivity contribution in [2.24, 2.45) is 0 Å². The van der Waals surface area contributed by atoms with Crippen LogP contribution < -0.4 is 14.5 Å². The van der Waals surface area contributed by atoms with Crippen molar-refractivity contribution in [1.82, 2.24) is 0 Å². The SMILES string of the molecule is COc1ccc(N(c2ccc(C)cc2)c2ccc3c4c(-c5ccccc5)c5c6cccc7c(N(c8ccc(C)cc8)c8ccc(C)cc8)ccc(c5c(-c5ccccc5)c4c4cccc2c43)c76)cc1. The van der Waals surface area contributed by atoms with Gasteiger partial charge in [-0.1, -0.05) is 162 Å². The van der Waals surface area contributed by atoms with E-state index in [0.717, 1.165) is 39.9 Å². The van der Waals surface area contributed by atoms with Gasteiger partial charge in [-0.3, -0.25) is 0 Å². The lowest BCUT2D eigenvalue weighted by Gasteiger charge is -2.27. The second-order valence-electron chi connectivity index (χ2n) is 18.6. The van der Waals surface area contributed by atoms with E-state index in [0.29, 0.717) is 0 Å². The van der Waals surface area contributed by atoms with Gasteiger partial charge in [-0.2, -0.15) is 0 Å². The second-order valence-corrected chi connectivity index (χ2v) is 18.6. The molecule has 0 aromatic heterocycles. The van der Waals surface area contributed by atoms with Crippen molar-refractivity contribution >= 4 is 98.8 Å². The zero-order valence-corrected chi connectivity index (χ0v) is 39.1. The fraction of sp³-hybridized carbons (Fsp3) is 0.0606. The van der Waals surface area contributed by atoms with Crippen LogP contribution in [-0.2, 0) is 0 Å². The number of rotatable bonds is 9. The summed E-state index contributed by atoms with van der Waals surface area (Å²) >= 11 is 0. The van der Waals surface area contributed by atoms with Crippen LogP contribution in [0.15, 0.2) is 218 Å². The van der Waals surface area contributed by atoms with Crippen LogP contribution >= 0.6 is 0 Å². The molecule has 0 radical (unpaired) electrons. The van der Waals surface area contributed by atoms with Crippen LogP contribution in [0.25, 0.3) is 86.9 Å². The molecule has 3 heteroatoms. The molecule has 0 amide bonds. The Bertz CT molecular complexity index is 3890. The summed E-state index contributed by atoms with van der Waals surface area (Å²) < 4.78 is 5.63. The molecule has 13 aromatic rings. The summed E-state index contributed by atoms with van der Waals surface area (Å²) in [5.74, 6) is 0.830. The van der Waals surface area contributed by atoms with Gasteiger partial charge in [0.15, 0.2) is 0 Å². The van der Waals surface area contributed by atoms with Gasteiger partial charge >= 0.3 is 0 Å². The summed E-state index contributed by atoms with van der Waals surface area (Å²) in [7, 11) is 1.72. The predicted octanol–water partition coefficient (Wildman–Crippen LogP) is 18.7. The summed E-state index contributed by atoms with van der Waals surface area (Å²) in [6, 6.07) is 80.8. The minimum absolute atomic E-state index is 0.830. The maximum atomic E-state index is 5.63. The third kappa shape index (κ3) is 6.35. The number of ether oxygens (including phenoxy) is 1. The van der Waals surface area contributed by atoms with E-state index in [2.05, 4.69) is 249 Å². The molecule has 0 saturated heterocycles. The summed E-state index contributed by atoms with van der Waals surface area (Å²) in [6.07, 6.45) is 0. The quantitative estimate of drug-likeness (QED) is 0.144. The Morgan fingerprint density at radius 2 is 0.594 bits per heavy atom. The molecule has 0 bridgehead atoms. The molecule has 0 heterocycles. The number of hydrogen-bond acceptors (Lipinski definition) is 3. The Morgan fingerprint density at radius 1 is 0.275 bits per heavy atom. The van der Waals surface area contributed by atoms with Crippen molar-refractivity contribution in [3.05, 3.63) is 235 Å². The van der Waals surface area contributed by atoms with E-state index >= 15 is 0 Å². The molecule has 0 saturated carbocycles. The minimum atomic E-state index is 0.830. The van der Waals surface area contributed by atoms with Gasteiger partial charge in [0.25, 0.3) is 0 Å². The van der Waals surface area contributed by atoms with Crippen molar-refractivity contribution in [2.45, 2.75) is 20.8 Å². The lowest BCUT2D eigenvalue weighted by Crippen LogP contribution is -2.10. The fourth-order valence-electron chi connectivity index (χ4n) is 11.3. The highest BCUT2D eigenvalue weighted by molar-refractivity contribution is 6.47. The number of benzene rings is 11. The van der Waals surface area contributed by atoms with Gasteiger partial charge in [-0.15, -0.1) is 0 Å². The summed E-state index contributed by atoms with van der Waals surface area (Å²) in [6.45, 7) is 6.46. The molecular formula is C66H48N2O. The molecule has 0 aliphatic heterocycles. The molecule has 0 aliphatic carbocycles. The molecule has 0 N–H and O–H groups in total. The third-order valence-electron chi connectivity index (χ3n) is 14.4. The molecule has 13 rings (SSSR count). The summed E-state index contributed by atoms with van der Waals surface area (Å²) in [4.78, 5) is 4.83. The molecule has 0 fully saturated rings. The summed E-state index contributed by atoms with van der Waals surface area (Å²) in [5.41, 5.74) is 15.4. The van der Waals surface area contributed by atoms with Gasteiger partial charge in [-0.05, 0) is 170 Å². The zero-order valence-electron chi connectivity index (χ0n) is 39.1. The molecular weight excluding hydrogens is 837 g/mol. The van der Waals surface area contributed by atoms with E-state index in [1.54, 1.807) is 7.11 Å². The van der Waals surface area contributed by atoms with E-state index in [1.807, 2.05) is 0 Å². The number of anilines is 6. The van der Waals surface area contributed by atoms with Crippen LogP contribution in [0.1, 0.15) is 16.7 Å². The maximum Gasteiger partial charge on any atom is 0.119 e. The second kappa shape index (κ2) is 16.0. The molecule has 328 valence electrons. The van der Waals surface area contributed by atoms with E-state index < -0.39 is 0 Å². The monoisotopic (exact) mass is 884 g/mol. The van der Waals surface area contributed by atoms with Gasteiger partial charge in [0.05, 0.1) is 18.5 Å². The largest absolute Gasteiger partial charge is 0.497 e. The van der Waals surface area contributed by atoms with Crippen LogP contribution in [0.3, 0.4) is 0 Å². The first kappa shape index (κ1) is 40.6. The molecule has 3 nitrogen and oxygen atoms in total. The Labute approximate surface area is 402 Å². The van der Waals surface area contributed by atoms with Crippen LogP contribution in [0.2, 0.25) is 0 Å². The van der Waals surface area contributed by atoms with E-state index in [-0.39, 0.29) is 0 Å². The van der Waals surface area contributed by atoms with Gasteiger partial charge in [0.2, 0.25) is 0 Å². The number of nitrogens with zero attached hydrogens (tertiary/aromatic N) is 2. The molecule has 0 aliphatic rings.